The Hall–Kier alpha value is -1.50. The lowest BCUT2D eigenvalue weighted by atomic mass is 10.3. The summed E-state index contributed by atoms with van der Waals surface area (Å²) in [6.45, 7) is 5.63. The number of nitrogens with zero attached hydrogens (tertiary/aromatic N) is 2. The maximum atomic E-state index is 12.1. The molecule has 0 N–H and O–H groups in total. The average Bonchev–Trinajstić information content (AvgIpc) is 3.08. The molecule has 1 amide bonds. The molecule has 1 aromatic rings. The minimum atomic E-state index is 0.00244. The smallest absolute Gasteiger partial charge is 0.266 e. The Labute approximate surface area is 156 Å². The number of rotatable bonds is 4. The van der Waals surface area contributed by atoms with E-state index in [9.17, 15) is 4.79 Å². The van der Waals surface area contributed by atoms with Crippen molar-refractivity contribution >= 4 is 51.7 Å². The number of likely N-dealkylation sites (N-methyl/N-ethyl adjacent to an activating group) is 1. The van der Waals surface area contributed by atoms with Crippen LogP contribution in [0.25, 0.3) is 0 Å². The summed E-state index contributed by atoms with van der Waals surface area (Å²) in [7, 11) is 0. The Kier molecular flexibility index (Phi) is 5.48. The van der Waals surface area contributed by atoms with Gasteiger partial charge >= 0.3 is 0 Å². The first-order valence-electron chi connectivity index (χ1n) is 7.82. The Balaban J connectivity index is 1.73. The van der Waals surface area contributed by atoms with Gasteiger partial charge in [0.25, 0.3) is 5.91 Å². The number of hydrogen-bond acceptors (Lipinski definition) is 5. The highest BCUT2D eigenvalue weighted by Gasteiger charge is 2.30. The van der Waals surface area contributed by atoms with Crippen LogP contribution >= 0.6 is 35.7 Å². The highest BCUT2D eigenvalue weighted by atomic mass is 32.2. The van der Waals surface area contributed by atoms with Crippen LogP contribution < -0.4 is 4.90 Å². The van der Waals surface area contributed by atoms with Gasteiger partial charge in [-0.2, -0.15) is 0 Å². The van der Waals surface area contributed by atoms with Gasteiger partial charge in [-0.1, -0.05) is 60.0 Å². The number of para-hydroxylation sites is 1. The van der Waals surface area contributed by atoms with Gasteiger partial charge in [0.2, 0.25) is 0 Å². The lowest BCUT2D eigenvalue weighted by Crippen LogP contribution is -2.27. The third kappa shape index (κ3) is 3.31. The molecule has 2 aliphatic rings. The van der Waals surface area contributed by atoms with E-state index in [0.29, 0.717) is 15.8 Å². The first-order chi connectivity index (χ1) is 11.7. The second kappa shape index (κ2) is 7.59. The predicted octanol–water partition coefficient (Wildman–Crippen LogP) is 4.78. The molecular weight excluding hydrogens is 356 g/mol. The van der Waals surface area contributed by atoms with Crippen molar-refractivity contribution in [1.29, 1.82) is 0 Å². The van der Waals surface area contributed by atoms with E-state index in [1.807, 2.05) is 25.2 Å². The third-order valence-electron chi connectivity index (χ3n) is 3.74. The van der Waals surface area contributed by atoms with E-state index in [4.69, 9.17) is 12.2 Å². The largest absolute Gasteiger partial charge is 0.335 e. The summed E-state index contributed by atoms with van der Waals surface area (Å²) in [4.78, 5) is 18.0. The molecule has 1 fully saturated rings. The second-order valence-corrected chi connectivity index (χ2v) is 7.89. The highest BCUT2D eigenvalue weighted by molar-refractivity contribution is 8.26. The molecule has 3 rings (SSSR count). The van der Waals surface area contributed by atoms with Gasteiger partial charge in [-0.15, -0.1) is 0 Å². The Morgan fingerprint density at radius 1 is 1.04 bits per heavy atom. The van der Waals surface area contributed by atoms with Crippen molar-refractivity contribution in [2.75, 3.05) is 18.0 Å². The number of carbonyl (C=O) groups is 1. The minimum absolute atomic E-state index is 0.00244. The topological polar surface area (TPSA) is 23.6 Å². The van der Waals surface area contributed by atoms with Crippen molar-refractivity contribution in [3.8, 4) is 0 Å². The van der Waals surface area contributed by atoms with Crippen LogP contribution in [-0.4, -0.2) is 28.2 Å². The maximum Gasteiger partial charge on any atom is 0.266 e. The third-order valence-corrected chi connectivity index (χ3v) is 6.27. The molecule has 124 valence electrons. The highest BCUT2D eigenvalue weighted by Crippen LogP contribution is 2.45. The molecule has 3 nitrogen and oxygen atoms in total. The SMILES string of the molecule is CCN1C(=O)/C(=C/C=C/C=C2/Sc3ccccc3N2CC)SC1=S. The van der Waals surface area contributed by atoms with Gasteiger partial charge in [0, 0.05) is 18.0 Å². The van der Waals surface area contributed by atoms with Crippen LogP contribution in [0, 0.1) is 0 Å². The molecular formula is C18H18N2OS3. The Morgan fingerprint density at radius 3 is 2.46 bits per heavy atom. The number of fused-ring (bicyclic) bond motifs is 1. The molecule has 6 heteroatoms. The lowest BCUT2D eigenvalue weighted by Gasteiger charge is -2.17. The number of benzene rings is 1. The van der Waals surface area contributed by atoms with Crippen LogP contribution in [0.2, 0.25) is 0 Å². The number of carbonyl (C=O) groups excluding carboxylic acids is 1. The quantitative estimate of drug-likeness (QED) is 0.557. The molecule has 2 aliphatic heterocycles. The van der Waals surface area contributed by atoms with Gasteiger partial charge in [0.1, 0.15) is 4.32 Å². The van der Waals surface area contributed by atoms with Gasteiger partial charge in [0.05, 0.1) is 15.6 Å². The molecule has 2 heterocycles. The molecule has 0 saturated carbocycles. The summed E-state index contributed by atoms with van der Waals surface area (Å²) < 4.78 is 0.638. The number of thioether (sulfide) groups is 2. The fourth-order valence-corrected chi connectivity index (χ4v) is 5.05. The van der Waals surface area contributed by atoms with Crippen molar-refractivity contribution in [3.63, 3.8) is 0 Å². The van der Waals surface area contributed by atoms with Crippen molar-refractivity contribution in [1.82, 2.24) is 4.90 Å². The molecule has 0 unspecified atom stereocenters. The predicted molar refractivity (Wildman–Crippen MR) is 108 cm³/mol. The molecule has 0 aromatic heterocycles. The van der Waals surface area contributed by atoms with Crippen molar-refractivity contribution in [2.45, 2.75) is 18.7 Å². The zero-order valence-electron chi connectivity index (χ0n) is 13.6. The van der Waals surface area contributed by atoms with Crippen LogP contribution in [0.4, 0.5) is 5.69 Å². The van der Waals surface area contributed by atoms with E-state index in [1.165, 1.54) is 27.4 Å². The summed E-state index contributed by atoms with van der Waals surface area (Å²) in [5, 5.41) is 1.20. The Bertz CT molecular complexity index is 767. The summed E-state index contributed by atoms with van der Waals surface area (Å²) in [5.41, 5.74) is 1.26. The van der Waals surface area contributed by atoms with Crippen LogP contribution in [0.5, 0.6) is 0 Å². The second-order valence-electron chi connectivity index (χ2n) is 5.15. The van der Waals surface area contributed by atoms with Gasteiger partial charge in [-0.05, 0) is 38.1 Å². The van der Waals surface area contributed by atoms with E-state index in [2.05, 4.69) is 42.2 Å². The Morgan fingerprint density at radius 2 is 1.75 bits per heavy atom. The van der Waals surface area contributed by atoms with Crippen LogP contribution in [0.3, 0.4) is 0 Å². The van der Waals surface area contributed by atoms with Crippen molar-refractivity contribution in [3.05, 3.63) is 58.5 Å². The monoisotopic (exact) mass is 374 g/mol. The summed E-state index contributed by atoms with van der Waals surface area (Å²) in [5.74, 6) is 0.00244. The van der Waals surface area contributed by atoms with E-state index < -0.39 is 0 Å². The first kappa shape index (κ1) is 17.3. The van der Waals surface area contributed by atoms with Crippen LogP contribution in [0.1, 0.15) is 13.8 Å². The number of amides is 1. The molecule has 24 heavy (non-hydrogen) atoms. The van der Waals surface area contributed by atoms with E-state index in [0.717, 1.165) is 6.54 Å². The van der Waals surface area contributed by atoms with Gasteiger partial charge in [-0.25, -0.2) is 0 Å². The lowest BCUT2D eigenvalue weighted by molar-refractivity contribution is -0.122. The summed E-state index contributed by atoms with van der Waals surface area (Å²) in [6.07, 6.45) is 7.82. The number of anilines is 1. The first-order valence-corrected chi connectivity index (χ1v) is 9.86. The van der Waals surface area contributed by atoms with Crippen molar-refractivity contribution < 1.29 is 4.79 Å². The number of allylic oxidation sites excluding steroid dienone is 4. The van der Waals surface area contributed by atoms with Gasteiger partial charge in [0.15, 0.2) is 0 Å². The van der Waals surface area contributed by atoms with Gasteiger partial charge in [-0.3, -0.25) is 9.69 Å². The van der Waals surface area contributed by atoms with E-state index >= 15 is 0 Å². The van der Waals surface area contributed by atoms with E-state index in [1.54, 1.807) is 16.7 Å². The van der Waals surface area contributed by atoms with Crippen LogP contribution in [0.15, 0.2) is 63.4 Å². The molecule has 0 bridgehead atoms. The fourth-order valence-electron chi connectivity index (χ4n) is 2.57. The molecule has 0 atom stereocenters. The summed E-state index contributed by atoms with van der Waals surface area (Å²) >= 11 is 8.35. The molecule has 0 radical (unpaired) electrons. The minimum Gasteiger partial charge on any atom is -0.335 e. The van der Waals surface area contributed by atoms with Crippen LogP contribution in [-0.2, 0) is 4.79 Å². The molecule has 1 aromatic carbocycles. The number of thiocarbonyl (C=S) groups is 1. The fraction of sp³-hybridized carbons (Fsp3) is 0.222. The number of hydrogen-bond donors (Lipinski definition) is 0. The normalized spacial score (nSPS) is 20.9. The van der Waals surface area contributed by atoms with Gasteiger partial charge < -0.3 is 4.90 Å². The van der Waals surface area contributed by atoms with Crippen molar-refractivity contribution in [2.24, 2.45) is 0 Å². The standard InChI is InChI=1S/C18H18N2OS3/c1-3-19-13-9-5-6-10-14(13)23-16(19)12-8-7-11-15-17(21)20(4-2)18(22)24-15/h5-12H,3-4H2,1-2H3/b8-7+,15-11-,16-12+. The molecule has 1 saturated heterocycles. The average molecular weight is 375 g/mol. The molecule has 0 spiro atoms. The maximum absolute atomic E-state index is 12.1. The van der Waals surface area contributed by atoms with E-state index in [-0.39, 0.29) is 5.91 Å². The molecule has 0 aliphatic carbocycles. The zero-order chi connectivity index (χ0) is 17.1. The summed E-state index contributed by atoms with van der Waals surface area (Å²) in [6, 6.07) is 8.42. The zero-order valence-corrected chi connectivity index (χ0v) is 16.0.